The third-order valence-corrected chi connectivity index (χ3v) is 4.63. The minimum absolute atomic E-state index is 0.0574. The summed E-state index contributed by atoms with van der Waals surface area (Å²) in [5.41, 5.74) is 0.957. The number of hydrogen-bond acceptors (Lipinski definition) is 6. The molecule has 2 saturated heterocycles. The van der Waals surface area contributed by atoms with Crippen LogP contribution in [0.3, 0.4) is 0 Å². The van der Waals surface area contributed by atoms with Gasteiger partial charge in [0.05, 0.1) is 24.5 Å². The zero-order chi connectivity index (χ0) is 18.7. The van der Waals surface area contributed by atoms with Gasteiger partial charge in [-0.3, -0.25) is 9.74 Å². The topological polar surface area (TPSA) is 62.3 Å². The second kappa shape index (κ2) is 8.01. The number of Topliss-reactive ketones (excluding diaryl/α,β-unsaturated/α-hetero) is 1. The summed E-state index contributed by atoms with van der Waals surface area (Å²) < 4.78 is 19.9. The molecule has 142 valence electrons. The van der Waals surface area contributed by atoms with Crippen molar-refractivity contribution in [1.29, 1.82) is 0 Å². The monoisotopic (exact) mass is 365 g/mol. The number of hydrogen-bond donors (Lipinski definition) is 0. The van der Waals surface area contributed by atoms with E-state index < -0.39 is 6.09 Å². The van der Waals surface area contributed by atoms with E-state index in [-0.39, 0.29) is 17.7 Å². The van der Waals surface area contributed by atoms with E-state index in [4.69, 9.17) is 9.57 Å². The lowest BCUT2D eigenvalue weighted by Gasteiger charge is -2.23. The Hall–Kier alpha value is -2.19. The van der Waals surface area contributed by atoms with E-state index in [1.807, 2.05) is 11.9 Å². The van der Waals surface area contributed by atoms with Crippen LogP contribution in [0.1, 0.15) is 19.8 Å². The van der Waals surface area contributed by atoms with Crippen molar-refractivity contribution in [1.82, 2.24) is 5.06 Å². The fraction of sp³-hybridized carbons (Fsp3) is 0.556. The molecule has 1 aromatic carbocycles. The summed E-state index contributed by atoms with van der Waals surface area (Å²) in [4.78, 5) is 31.9. The quantitative estimate of drug-likeness (QED) is 0.797. The second-order valence-electron chi connectivity index (χ2n) is 6.66. The van der Waals surface area contributed by atoms with Crippen LogP contribution in [-0.2, 0) is 14.4 Å². The minimum Gasteiger partial charge on any atom is -0.444 e. The standard InChI is InChI=1S/C18H24FN3O4/c1-13(23)3-5-15-12-22(18(24)26-15)14-4-6-17(16(19)11-14)21-8-7-20(2)25-10-9-21/h4,6,11,15H,3,5,7-10,12H2,1-2H3/t15-/m0/s1. The lowest BCUT2D eigenvalue weighted by atomic mass is 10.1. The van der Waals surface area contributed by atoms with Gasteiger partial charge in [-0.15, -0.1) is 0 Å². The number of anilines is 2. The van der Waals surface area contributed by atoms with Crippen LogP contribution < -0.4 is 9.80 Å². The second-order valence-corrected chi connectivity index (χ2v) is 6.66. The smallest absolute Gasteiger partial charge is 0.414 e. The Labute approximate surface area is 152 Å². The summed E-state index contributed by atoms with van der Waals surface area (Å²) >= 11 is 0. The highest BCUT2D eigenvalue weighted by Crippen LogP contribution is 2.29. The average molecular weight is 365 g/mol. The van der Waals surface area contributed by atoms with E-state index in [0.29, 0.717) is 57.0 Å². The van der Waals surface area contributed by atoms with Gasteiger partial charge in [0.2, 0.25) is 0 Å². The predicted molar refractivity (Wildman–Crippen MR) is 94.7 cm³/mol. The van der Waals surface area contributed by atoms with Crippen LogP contribution >= 0.6 is 0 Å². The largest absolute Gasteiger partial charge is 0.444 e. The van der Waals surface area contributed by atoms with Crippen LogP contribution in [0.5, 0.6) is 0 Å². The summed E-state index contributed by atoms with van der Waals surface area (Å²) in [6.07, 6.45) is 0.00668. The Morgan fingerprint density at radius 1 is 1.31 bits per heavy atom. The summed E-state index contributed by atoms with van der Waals surface area (Å²) in [5, 5.41) is 1.74. The maximum absolute atomic E-state index is 14.7. The Bertz CT molecular complexity index is 684. The molecule has 0 aliphatic carbocycles. The van der Waals surface area contributed by atoms with Gasteiger partial charge >= 0.3 is 6.09 Å². The lowest BCUT2D eigenvalue weighted by Crippen LogP contribution is -2.30. The predicted octanol–water partition coefficient (Wildman–Crippen LogP) is 2.20. The number of amides is 1. The van der Waals surface area contributed by atoms with Gasteiger partial charge in [-0.25, -0.2) is 9.18 Å². The molecule has 7 nitrogen and oxygen atoms in total. The molecule has 3 rings (SSSR count). The molecular formula is C18H24FN3O4. The molecule has 0 radical (unpaired) electrons. The molecule has 0 unspecified atom stereocenters. The first-order valence-electron chi connectivity index (χ1n) is 8.80. The highest BCUT2D eigenvalue weighted by atomic mass is 19.1. The average Bonchev–Trinajstić information content (AvgIpc) is 2.83. The van der Waals surface area contributed by atoms with Crippen molar-refractivity contribution < 1.29 is 23.6 Å². The Morgan fingerprint density at radius 3 is 2.85 bits per heavy atom. The Kier molecular flexibility index (Phi) is 5.73. The fourth-order valence-corrected chi connectivity index (χ4v) is 3.15. The first-order valence-corrected chi connectivity index (χ1v) is 8.80. The molecule has 2 aliphatic heterocycles. The summed E-state index contributed by atoms with van der Waals surface area (Å²) in [7, 11) is 1.85. The number of carbonyl (C=O) groups excluding carboxylic acids is 2. The van der Waals surface area contributed by atoms with Gasteiger partial charge in [0.25, 0.3) is 0 Å². The van der Waals surface area contributed by atoms with Gasteiger partial charge < -0.3 is 14.4 Å². The van der Waals surface area contributed by atoms with Crippen LogP contribution in [0.25, 0.3) is 0 Å². The van der Waals surface area contributed by atoms with Crippen LogP contribution in [0.4, 0.5) is 20.6 Å². The van der Waals surface area contributed by atoms with Crippen LogP contribution in [0.2, 0.25) is 0 Å². The van der Waals surface area contributed by atoms with Gasteiger partial charge in [0.15, 0.2) is 0 Å². The Balaban J connectivity index is 1.69. The zero-order valence-electron chi connectivity index (χ0n) is 15.1. The van der Waals surface area contributed by atoms with Crippen LogP contribution in [-0.4, -0.2) is 62.9 Å². The van der Waals surface area contributed by atoms with Crippen molar-refractivity contribution in [3.05, 3.63) is 24.0 Å². The molecule has 2 aliphatic rings. The van der Waals surface area contributed by atoms with E-state index in [9.17, 15) is 14.0 Å². The number of ketones is 1. The summed E-state index contributed by atoms with van der Waals surface area (Å²) in [6.45, 7) is 4.26. The molecule has 8 heteroatoms. The number of rotatable bonds is 5. The summed E-state index contributed by atoms with van der Waals surface area (Å²) in [6, 6.07) is 4.77. The van der Waals surface area contributed by atoms with Crippen molar-refractivity contribution in [3.63, 3.8) is 0 Å². The molecule has 26 heavy (non-hydrogen) atoms. The van der Waals surface area contributed by atoms with E-state index in [1.54, 1.807) is 17.2 Å². The maximum Gasteiger partial charge on any atom is 0.414 e. The molecule has 2 fully saturated rings. The molecular weight excluding hydrogens is 341 g/mol. The number of likely N-dealkylation sites (N-methyl/N-ethyl adjacent to an activating group) is 1. The van der Waals surface area contributed by atoms with Crippen molar-refractivity contribution in [3.8, 4) is 0 Å². The number of carbonyl (C=O) groups is 2. The fourth-order valence-electron chi connectivity index (χ4n) is 3.15. The maximum atomic E-state index is 14.7. The number of hydroxylamine groups is 2. The first-order chi connectivity index (χ1) is 12.4. The summed E-state index contributed by atoms with van der Waals surface area (Å²) in [5.74, 6) is -0.325. The number of cyclic esters (lactones) is 1. The van der Waals surface area contributed by atoms with Gasteiger partial charge in [-0.05, 0) is 31.5 Å². The van der Waals surface area contributed by atoms with Crippen molar-refractivity contribution in [2.24, 2.45) is 0 Å². The van der Waals surface area contributed by atoms with Gasteiger partial charge in [0.1, 0.15) is 17.7 Å². The molecule has 1 atom stereocenters. The lowest BCUT2D eigenvalue weighted by molar-refractivity contribution is -0.126. The van der Waals surface area contributed by atoms with Crippen LogP contribution in [0, 0.1) is 5.82 Å². The third-order valence-electron chi connectivity index (χ3n) is 4.63. The molecule has 1 amide bonds. The van der Waals surface area contributed by atoms with Gasteiger partial charge in [-0.1, -0.05) is 0 Å². The number of nitrogens with zero attached hydrogens (tertiary/aromatic N) is 3. The van der Waals surface area contributed by atoms with E-state index in [0.717, 1.165) is 0 Å². The SMILES string of the molecule is CC(=O)CC[C@H]1CN(c2ccc(N3CCON(C)CC3)c(F)c2)C(=O)O1. The van der Waals surface area contributed by atoms with E-state index in [2.05, 4.69) is 0 Å². The third kappa shape index (κ3) is 4.31. The zero-order valence-corrected chi connectivity index (χ0v) is 15.1. The van der Waals surface area contributed by atoms with Gasteiger partial charge in [0, 0.05) is 33.1 Å². The molecule has 0 saturated carbocycles. The van der Waals surface area contributed by atoms with Crippen molar-refractivity contribution in [2.75, 3.05) is 49.6 Å². The first kappa shape index (κ1) is 18.6. The van der Waals surface area contributed by atoms with Gasteiger partial charge in [-0.2, -0.15) is 5.06 Å². The normalized spacial score (nSPS) is 21.7. The highest BCUT2D eigenvalue weighted by Gasteiger charge is 2.32. The highest BCUT2D eigenvalue weighted by molar-refractivity contribution is 5.90. The molecule has 1 aromatic rings. The van der Waals surface area contributed by atoms with E-state index >= 15 is 0 Å². The number of benzene rings is 1. The molecule has 0 N–H and O–H groups in total. The van der Waals surface area contributed by atoms with E-state index in [1.165, 1.54) is 17.9 Å². The molecule has 0 aromatic heterocycles. The molecule has 0 bridgehead atoms. The van der Waals surface area contributed by atoms with Crippen LogP contribution in [0.15, 0.2) is 18.2 Å². The van der Waals surface area contributed by atoms with Crippen molar-refractivity contribution in [2.45, 2.75) is 25.9 Å². The minimum atomic E-state index is -0.504. The Morgan fingerprint density at radius 2 is 2.12 bits per heavy atom. The number of ether oxygens (including phenoxy) is 1. The number of halogens is 1. The molecule has 0 spiro atoms. The van der Waals surface area contributed by atoms with Crippen molar-refractivity contribution >= 4 is 23.3 Å². The molecule has 2 heterocycles.